The summed E-state index contributed by atoms with van der Waals surface area (Å²) in [5, 5.41) is 14.6. The molecule has 1 fully saturated rings. The standard InChI is InChI=1S/C23H23ClN6O3/c1-13(25-20-10-21(32-2)28-23(27-20)33-3)30-18-11-29(12-19(18)31)17-8-7-16(26-22(17)30)14-5-4-6-15(24)9-14/h4-10,18-19,31H,1,11-12H2,2-3H3,(H,25,27,28)/t18-,19-/m1/s1. The number of fused-ring (bicyclic) bond motifs is 4. The summed E-state index contributed by atoms with van der Waals surface area (Å²) in [5.74, 6) is 2.02. The number of methoxy groups -OCH3 is 2. The van der Waals surface area contributed by atoms with Crippen molar-refractivity contribution in [2.75, 3.05) is 42.4 Å². The maximum Gasteiger partial charge on any atom is 0.321 e. The third-order valence-electron chi connectivity index (χ3n) is 5.77. The minimum atomic E-state index is -0.568. The SMILES string of the molecule is C=C(Nc1cc(OC)nc(OC)n1)N1c2nc(-c3cccc(Cl)c3)ccc2N2C[C@@H](O)[C@H]1C2. The van der Waals surface area contributed by atoms with Crippen molar-refractivity contribution >= 4 is 28.9 Å². The van der Waals surface area contributed by atoms with Crippen molar-refractivity contribution < 1.29 is 14.6 Å². The Hall–Kier alpha value is -3.56. The zero-order chi connectivity index (χ0) is 23.1. The molecule has 2 N–H and O–H groups in total. The zero-order valence-corrected chi connectivity index (χ0v) is 19.0. The summed E-state index contributed by atoms with van der Waals surface area (Å²) in [5.41, 5.74) is 2.60. The Morgan fingerprint density at radius 2 is 1.97 bits per heavy atom. The normalized spacial score (nSPS) is 18.7. The topological polar surface area (TPSA) is 95.9 Å². The van der Waals surface area contributed by atoms with Crippen LogP contribution in [-0.4, -0.2) is 59.5 Å². The largest absolute Gasteiger partial charge is 0.481 e. The summed E-state index contributed by atoms with van der Waals surface area (Å²) in [6.07, 6.45) is -0.568. The predicted molar refractivity (Wildman–Crippen MR) is 127 cm³/mol. The average Bonchev–Trinajstić information content (AvgIpc) is 3.14. The van der Waals surface area contributed by atoms with Crippen molar-refractivity contribution in [2.45, 2.75) is 12.1 Å². The highest BCUT2D eigenvalue weighted by molar-refractivity contribution is 6.30. The third kappa shape index (κ3) is 3.90. The number of benzene rings is 1. The molecule has 9 nitrogen and oxygen atoms in total. The van der Waals surface area contributed by atoms with Crippen molar-refractivity contribution in [1.82, 2.24) is 15.0 Å². The van der Waals surface area contributed by atoms with E-state index in [4.69, 9.17) is 26.1 Å². The zero-order valence-electron chi connectivity index (χ0n) is 18.2. The van der Waals surface area contributed by atoms with Crippen LogP contribution >= 0.6 is 11.6 Å². The van der Waals surface area contributed by atoms with Gasteiger partial charge in [0.1, 0.15) is 11.6 Å². The summed E-state index contributed by atoms with van der Waals surface area (Å²) >= 11 is 6.20. The molecule has 0 saturated carbocycles. The maximum atomic E-state index is 10.8. The van der Waals surface area contributed by atoms with Gasteiger partial charge in [0.25, 0.3) is 0 Å². The first kappa shape index (κ1) is 21.3. The van der Waals surface area contributed by atoms with E-state index in [1.54, 1.807) is 6.07 Å². The molecule has 2 bridgehead atoms. The van der Waals surface area contributed by atoms with Gasteiger partial charge in [-0.05, 0) is 24.3 Å². The van der Waals surface area contributed by atoms with E-state index in [0.29, 0.717) is 41.4 Å². The highest BCUT2D eigenvalue weighted by Gasteiger charge is 2.44. The number of ether oxygens (including phenoxy) is 2. The van der Waals surface area contributed by atoms with Crippen LogP contribution in [-0.2, 0) is 0 Å². The van der Waals surface area contributed by atoms with Crippen LogP contribution in [0.5, 0.6) is 11.9 Å². The predicted octanol–water partition coefficient (Wildman–Crippen LogP) is 3.16. The molecule has 5 rings (SSSR count). The van der Waals surface area contributed by atoms with Gasteiger partial charge in [0.2, 0.25) is 5.88 Å². The average molecular weight is 467 g/mol. The molecular weight excluding hydrogens is 444 g/mol. The van der Waals surface area contributed by atoms with Crippen LogP contribution in [0.4, 0.5) is 17.3 Å². The van der Waals surface area contributed by atoms with Crippen molar-refractivity contribution in [1.29, 1.82) is 0 Å². The Kier molecular flexibility index (Phi) is 5.43. The van der Waals surface area contributed by atoms with Crippen molar-refractivity contribution in [3.05, 3.63) is 59.9 Å². The van der Waals surface area contributed by atoms with E-state index in [9.17, 15) is 5.11 Å². The molecule has 0 spiro atoms. The molecule has 2 aromatic heterocycles. The number of pyridine rings is 1. The molecule has 0 aliphatic carbocycles. The highest BCUT2D eigenvalue weighted by atomic mass is 35.5. The highest BCUT2D eigenvalue weighted by Crippen LogP contribution is 2.42. The lowest BCUT2D eigenvalue weighted by Crippen LogP contribution is -2.47. The molecule has 4 heterocycles. The lowest BCUT2D eigenvalue weighted by atomic mass is 10.1. The molecule has 170 valence electrons. The lowest BCUT2D eigenvalue weighted by molar-refractivity contribution is 0.179. The van der Waals surface area contributed by atoms with Crippen LogP contribution in [0.15, 0.2) is 54.9 Å². The third-order valence-corrected chi connectivity index (χ3v) is 6.01. The Morgan fingerprint density at radius 1 is 1.12 bits per heavy atom. The first-order chi connectivity index (χ1) is 16.0. The summed E-state index contributed by atoms with van der Waals surface area (Å²) in [4.78, 5) is 17.5. The molecule has 0 amide bonds. The smallest absolute Gasteiger partial charge is 0.321 e. The van der Waals surface area contributed by atoms with E-state index in [2.05, 4.69) is 26.8 Å². The number of nitrogens with zero attached hydrogens (tertiary/aromatic N) is 5. The summed E-state index contributed by atoms with van der Waals surface area (Å²) in [6, 6.07) is 13.1. The van der Waals surface area contributed by atoms with Gasteiger partial charge >= 0.3 is 6.01 Å². The minimum absolute atomic E-state index is 0.164. The molecule has 1 saturated heterocycles. The Bertz CT molecular complexity index is 1200. The van der Waals surface area contributed by atoms with E-state index >= 15 is 0 Å². The Morgan fingerprint density at radius 3 is 2.73 bits per heavy atom. The van der Waals surface area contributed by atoms with Gasteiger partial charge in [0.05, 0.1) is 37.7 Å². The number of halogens is 1. The number of hydrogen-bond donors (Lipinski definition) is 2. The molecule has 33 heavy (non-hydrogen) atoms. The van der Waals surface area contributed by atoms with Crippen molar-refractivity contribution in [2.24, 2.45) is 0 Å². The summed E-state index contributed by atoms with van der Waals surface area (Å²) < 4.78 is 10.4. The second-order valence-corrected chi connectivity index (χ2v) is 8.25. The number of nitrogens with one attached hydrogen (secondary N) is 1. The summed E-state index contributed by atoms with van der Waals surface area (Å²) in [7, 11) is 3.00. The van der Waals surface area contributed by atoms with Gasteiger partial charge < -0.3 is 29.7 Å². The van der Waals surface area contributed by atoms with Gasteiger partial charge in [-0.25, -0.2) is 4.98 Å². The van der Waals surface area contributed by atoms with E-state index < -0.39 is 6.10 Å². The number of hydrogen-bond acceptors (Lipinski definition) is 9. The van der Waals surface area contributed by atoms with Gasteiger partial charge in [-0.2, -0.15) is 9.97 Å². The summed E-state index contributed by atoms with van der Waals surface area (Å²) in [6.45, 7) is 5.41. The molecule has 10 heteroatoms. The second-order valence-electron chi connectivity index (χ2n) is 7.81. The van der Waals surface area contributed by atoms with Crippen LogP contribution in [0.1, 0.15) is 0 Å². The maximum absolute atomic E-state index is 10.8. The first-order valence-electron chi connectivity index (χ1n) is 10.4. The van der Waals surface area contributed by atoms with E-state index in [0.717, 1.165) is 16.9 Å². The number of rotatable bonds is 6. The Balaban J connectivity index is 1.54. The molecule has 2 aliphatic heterocycles. The van der Waals surface area contributed by atoms with Gasteiger partial charge in [0, 0.05) is 29.7 Å². The second kappa shape index (κ2) is 8.42. The first-order valence-corrected chi connectivity index (χ1v) is 10.8. The molecule has 2 aliphatic rings. The fourth-order valence-electron chi connectivity index (χ4n) is 4.25. The monoisotopic (exact) mass is 466 g/mol. The van der Waals surface area contributed by atoms with Gasteiger partial charge in [-0.3, -0.25) is 0 Å². The molecule has 0 radical (unpaired) electrons. The molecule has 1 aromatic carbocycles. The quantitative estimate of drug-likeness (QED) is 0.567. The molecule has 0 unspecified atom stereocenters. The van der Waals surface area contributed by atoms with Crippen molar-refractivity contribution in [3.8, 4) is 23.1 Å². The van der Waals surface area contributed by atoms with E-state index in [1.807, 2.05) is 41.3 Å². The number of anilines is 3. The van der Waals surface area contributed by atoms with Gasteiger partial charge in [0.15, 0.2) is 5.82 Å². The van der Waals surface area contributed by atoms with Gasteiger partial charge in [-0.15, -0.1) is 0 Å². The molecule has 2 atom stereocenters. The van der Waals surface area contributed by atoms with Crippen molar-refractivity contribution in [3.63, 3.8) is 0 Å². The van der Waals surface area contributed by atoms with Crippen LogP contribution in [0.3, 0.4) is 0 Å². The molecular formula is C23H23ClN6O3. The Labute approximate surface area is 196 Å². The van der Waals surface area contributed by atoms with E-state index in [-0.39, 0.29) is 12.1 Å². The number of aliphatic hydroxyl groups is 1. The number of aliphatic hydroxyl groups excluding tert-OH is 1. The number of aromatic nitrogens is 3. The van der Waals surface area contributed by atoms with Gasteiger partial charge in [-0.1, -0.05) is 30.3 Å². The lowest BCUT2D eigenvalue weighted by Gasteiger charge is -2.38. The minimum Gasteiger partial charge on any atom is -0.481 e. The fraction of sp³-hybridized carbons (Fsp3) is 0.261. The van der Waals surface area contributed by atoms with Crippen LogP contribution in [0.25, 0.3) is 11.3 Å². The van der Waals surface area contributed by atoms with Crippen LogP contribution < -0.4 is 24.6 Å². The fourth-order valence-corrected chi connectivity index (χ4v) is 4.44. The van der Waals surface area contributed by atoms with E-state index in [1.165, 1.54) is 14.2 Å². The van der Waals surface area contributed by atoms with Crippen LogP contribution in [0, 0.1) is 0 Å². The van der Waals surface area contributed by atoms with Crippen LogP contribution in [0.2, 0.25) is 5.02 Å². The molecule has 3 aromatic rings.